The minimum absolute atomic E-state index is 0.101. The van der Waals surface area contributed by atoms with Crippen molar-refractivity contribution < 1.29 is 28.2 Å². The lowest BCUT2D eigenvalue weighted by molar-refractivity contribution is -0.124. The molecule has 2 amide bonds. The number of anilines is 1. The summed E-state index contributed by atoms with van der Waals surface area (Å²) in [7, 11) is 1.54. The second-order valence-corrected chi connectivity index (χ2v) is 7.03. The minimum Gasteiger partial charge on any atom is -0.493 e. The molecule has 160 valence electrons. The van der Waals surface area contributed by atoms with Gasteiger partial charge in [-0.25, -0.2) is 9.18 Å². The lowest BCUT2D eigenvalue weighted by atomic mass is 9.93. The van der Waals surface area contributed by atoms with E-state index in [-0.39, 0.29) is 30.5 Å². The number of hydrogen-bond donors (Lipinski definition) is 2. The molecule has 2 aromatic rings. The third kappa shape index (κ3) is 6.37. The molecule has 1 fully saturated rings. The highest BCUT2D eigenvalue weighted by Gasteiger charge is 2.26. The van der Waals surface area contributed by atoms with Gasteiger partial charge in [0.15, 0.2) is 18.1 Å². The first-order valence-corrected chi connectivity index (χ1v) is 9.82. The fourth-order valence-electron chi connectivity index (χ4n) is 3.37. The fraction of sp³-hybridized carbons (Fsp3) is 0.364. The average Bonchev–Trinajstić information content (AvgIpc) is 2.74. The molecule has 0 aliphatic heterocycles. The zero-order valence-corrected chi connectivity index (χ0v) is 16.7. The van der Waals surface area contributed by atoms with Gasteiger partial charge in [0, 0.05) is 18.2 Å². The van der Waals surface area contributed by atoms with Gasteiger partial charge in [0.1, 0.15) is 11.9 Å². The summed E-state index contributed by atoms with van der Waals surface area (Å²) in [6.45, 7) is -0.131. The number of benzene rings is 2. The van der Waals surface area contributed by atoms with Crippen LogP contribution in [0.25, 0.3) is 0 Å². The molecular weight excluding hydrogens is 391 g/mol. The highest BCUT2D eigenvalue weighted by molar-refractivity contribution is 5.84. The molecule has 2 N–H and O–H groups in total. The molecule has 8 heteroatoms. The van der Waals surface area contributed by atoms with Gasteiger partial charge in [0.25, 0.3) is 5.91 Å². The molecule has 7 nitrogen and oxygen atoms in total. The number of hydrogen-bond acceptors (Lipinski definition) is 5. The van der Waals surface area contributed by atoms with Crippen LogP contribution in [0.1, 0.15) is 25.7 Å². The molecular formula is C22H25FN2O5. The molecule has 0 aromatic heterocycles. The summed E-state index contributed by atoms with van der Waals surface area (Å²) in [6.07, 6.45) is 1.97. The van der Waals surface area contributed by atoms with Gasteiger partial charge in [-0.3, -0.25) is 10.1 Å². The van der Waals surface area contributed by atoms with Gasteiger partial charge in [-0.05, 0) is 55.7 Å². The number of para-hydroxylation sites is 2. The van der Waals surface area contributed by atoms with Gasteiger partial charge >= 0.3 is 6.09 Å². The van der Waals surface area contributed by atoms with Crippen LogP contribution < -0.4 is 20.1 Å². The van der Waals surface area contributed by atoms with Crippen LogP contribution in [-0.4, -0.2) is 37.9 Å². The predicted molar refractivity (Wildman–Crippen MR) is 109 cm³/mol. The van der Waals surface area contributed by atoms with Crippen molar-refractivity contribution in [1.82, 2.24) is 5.32 Å². The van der Waals surface area contributed by atoms with Gasteiger partial charge in [-0.2, -0.15) is 0 Å². The van der Waals surface area contributed by atoms with E-state index in [1.165, 1.54) is 31.4 Å². The molecule has 0 radical (unpaired) electrons. The zero-order chi connectivity index (χ0) is 21.3. The SMILES string of the molecule is COc1ccccc1OCC(=O)N[C@@H]1CCC[C@H](OC(=O)Nc2ccc(F)cc2)C1. The summed E-state index contributed by atoms with van der Waals surface area (Å²) in [6, 6.07) is 12.4. The quantitative estimate of drug-likeness (QED) is 0.715. The van der Waals surface area contributed by atoms with E-state index >= 15 is 0 Å². The average molecular weight is 416 g/mol. The summed E-state index contributed by atoms with van der Waals surface area (Å²) in [5, 5.41) is 5.50. The van der Waals surface area contributed by atoms with Crippen LogP contribution in [0.4, 0.5) is 14.9 Å². The Balaban J connectivity index is 1.43. The molecule has 2 aromatic carbocycles. The second kappa shape index (κ2) is 10.5. The Morgan fingerprint density at radius 1 is 1.07 bits per heavy atom. The molecule has 1 aliphatic carbocycles. The molecule has 0 heterocycles. The molecule has 2 atom stereocenters. The number of methoxy groups -OCH3 is 1. The van der Waals surface area contributed by atoms with Crippen molar-refractivity contribution >= 4 is 17.7 Å². The number of amides is 2. The molecule has 0 unspecified atom stereocenters. The van der Waals surface area contributed by atoms with E-state index in [4.69, 9.17) is 14.2 Å². The number of carbonyl (C=O) groups excluding carboxylic acids is 2. The summed E-state index contributed by atoms with van der Waals surface area (Å²) in [4.78, 5) is 24.3. The molecule has 3 rings (SSSR count). The lowest BCUT2D eigenvalue weighted by Gasteiger charge is -2.29. The number of ether oxygens (including phenoxy) is 3. The Morgan fingerprint density at radius 2 is 1.80 bits per heavy atom. The Bertz CT molecular complexity index is 859. The second-order valence-electron chi connectivity index (χ2n) is 7.03. The first-order valence-electron chi connectivity index (χ1n) is 9.82. The standard InChI is InChI=1S/C22H25FN2O5/c1-28-19-7-2-3-8-20(19)29-14-21(26)24-17-5-4-6-18(13-17)30-22(27)25-16-11-9-15(23)10-12-16/h2-3,7-12,17-18H,4-6,13-14H2,1H3,(H,24,26)(H,25,27)/t17-,18+/m1/s1. The van der Waals surface area contributed by atoms with Gasteiger partial charge in [0.2, 0.25) is 0 Å². The Hall–Kier alpha value is -3.29. The Morgan fingerprint density at radius 3 is 2.53 bits per heavy atom. The van der Waals surface area contributed by atoms with Gasteiger partial charge < -0.3 is 19.5 Å². The van der Waals surface area contributed by atoms with Crippen molar-refractivity contribution in [1.29, 1.82) is 0 Å². The molecule has 1 saturated carbocycles. The summed E-state index contributed by atoms with van der Waals surface area (Å²) in [5.41, 5.74) is 0.454. The van der Waals surface area contributed by atoms with Gasteiger partial charge in [-0.1, -0.05) is 12.1 Å². The number of halogens is 1. The van der Waals surface area contributed by atoms with E-state index in [2.05, 4.69) is 10.6 Å². The van der Waals surface area contributed by atoms with Crippen LogP contribution in [0, 0.1) is 5.82 Å². The van der Waals surface area contributed by atoms with E-state index in [1.54, 1.807) is 18.2 Å². The molecule has 0 saturated heterocycles. The third-order valence-corrected chi connectivity index (χ3v) is 4.78. The summed E-state index contributed by atoms with van der Waals surface area (Å²) >= 11 is 0. The normalized spacial score (nSPS) is 18.2. The van der Waals surface area contributed by atoms with Crippen molar-refractivity contribution in [2.24, 2.45) is 0 Å². The van der Waals surface area contributed by atoms with E-state index in [1.807, 2.05) is 6.07 Å². The van der Waals surface area contributed by atoms with E-state index < -0.39 is 6.09 Å². The number of carbonyl (C=O) groups is 2. The minimum atomic E-state index is -0.599. The van der Waals surface area contributed by atoms with Crippen LogP contribution in [0.3, 0.4) is 0 Å². The van der Waals surface area contributed by atoms with Crippen molar-refractivity contribution in [3.8, 4) is 11.5 Å². The molecule has 0 spiro atoms. The maximum atomic E-state index is 12.9. The topological polar surface area (TPSA) is 85.9 Å². The van der Waals surface area contributed by atoms with Crippen LogP contribution in [0.5, 0.6) is 11.5 Å². The molecule has 0 bridgehead atoms. The molecule has 30 heavy (non-hydrogen) atoms. The van der Waals surface area contributed by atoms with Crippen molar-refractivity contribution in [3.63, 3.8) is 0 Å². The van der Waals surface area contributed by atoms with Crippen molar-refractivity contribution in [2.75, 3.05) is 19.0 Å². The van der Waals surface area contributed by atoms with Gasteiger partial charge in [0.05, 0.1) is 7.11 Å². The van der Waals surface area contributed by atoms with Crippen molar-refractivity contribution in [2.45, 2.75) is 37.8 Å². The highest BCUT2D eigenvalue weighted by Crippen LogP contribution is 2.26. The fourth-order valence-corrected chi connectivity index (χ4v) is 3.37. The van der Waals surface area contributed by atoms with Gasteiger partial charge in [-0.15, -0.1) is 0 Å². The maximum Gasteiger partial charge on any atom is 0.411 e. The highest BCUT2D eigenvalue weighted by atomic mass is 19.1. The third-order valence-electron chi connectivity index (χ3n) is 4.78. The smallest absolute Gasteiger partial charge is 0.411 e. The predicted octanol–water partition coefficient (Wildman–Crippen LogP) is 3.89. The number of rotatable bonds is 7. The van der Waals surface area contributed by atoms with E-state index in [0.29, 0.717) is 23.6 Å². The Labute approximate surface area is 174 Å². The first-order chi connectivity index (χ1) is 14.5. The van der Waals surface area contributed by atoms with E-state index in [0.717, 1.165) is 19.3 Å². The lowest BCUT2D eigenvalue weighted by Crippen LogP contribution is -2.43. The largest absolute Gasteiger partial charge is 0.493 e. The monoisotopic (exact) mass is 416 g/mol. The van der Waals surface area contributed by atoms with Crippen LogP contribution >= 0.6 is 0 Å². The van der Waals surface area contributed by atoms with E-state index in [9.17, 15) is 14.0 Å². The van der Waals surface area contributed by atoms with Crippen molar-refractivity contribution in [3.05, 3.63) is 54.3 Å². The number of nitrogens with one attached hydrogen (secondary N) is 2. The molecule has 1 aliphatic rings. The maximum absolute atomic E-state index is 12.9. The van der Waals surface area contributed by atoms with Crippen LogP contribution in [0.15, 0.2) is 48.5 Å². The Kier molecular flexibility index (Phi) is 7.48. The summed E-state index contributed by atoms with van der Waals surface area (Å²) in [5.74, 6) is 0.429. The van der Waals surface area contributed by atoms with Crippen LogP contribution in [-0.2, 0) is 9.53 Å². The zero-order valence-electron chi connectivity index (χ0n) is 16.7. The first kappa shape index (κ1) is 21.4. The summed E-state index contributed by atoms with van der Waals surface area (Å²) < 4.78 is 29.1. The van der Waals surface area contributed by atoms with Crippen LogP contribution in [0.2, 0.25) is 0 Å².